The van der Waals surface area contributed by atoms with E-state index in [1.807, 2.05) is 0 Å². The van der Waals surface area contributed by atoms with Crippen molar-refractivity contribution in [3.63, 3.8) is 0 Å². The highest BCUT2D eigenvalue weighted by atomic mass is 32.2. The summed E-state index contributed by atoms with van der Waals surface area (Å²) in [6.45, 7) is -2.01. The summed E-state index contributed by atoms with van der Waals surface area (Å²) < 4.78 is 63.6. The number of alkyl halides is 3. The predicted molar refractivity (Wildman–Crippen MR) is 55.0 cm³/mol. The molecule has 0 aliphatic heterocycles. The molecule has 9 heteroatoms. The third-order valence-corrected chi connectivity index (χ3v) is 3.13. The highest BCUT2D eigenvalue weighted by Crippen LogP contribution is 2.13. The van der Waals surface area contributed by atoms with Crippen LogP contribution in [0.4, 0.5) is 13.2 Å². The van der Waals surface area contributed by atoms with Crippen molar-refractivity contribution in [3.8, 4) is 0 Å². The van der Waals surface area contributed by atoms with E-state index in [4.69, 9.17) is 5.11 Å². The van der Waals surface area contributed by atoms with E-state index in [0.717, 1.165) is 0 Å². The molecule has 0 aromatic rings. The third-order valence-electron chi connectivity index (χ3n) is 1.66. The molecule has 0 atom stereocenters. The molecule has 0 aliphatic carbocycles. The zero-order valence-electron chi connectivity index (χ0n) is 9.16. The Morgan fingerprint density at radius 2 is 1.88 bits per heavy atom. The molecule has 0 saturated carbocycles. The third kappa shape index (κ3) is 11.9. The van der Waals surface area contributed by atoms with E-state index in [9.17, 15) is 21.6 Å². The van der Waals surface area contributed by atoms with Crippen LogP contribution in [0.3, 0.4) is 0 Å². The van der Waals surface area contributed by atoms with Crippen LogP contribution < -0.4 is 4.72 Å². The van der Waals surface area contributed by atoms with Crippen LogP contribution in [0, 0.1) is 0 Å². The molecular weight excluding hydrogens is 263 g/mol. The van der Waals surface area contributed by atoms with Gasteiger partial charge in [0.25, 0.3) is 0 Å². The van der Waals surface area contributed by atoms with Crippen LogP contribution >= 0.6 is 0 Å². The Hall–Kier alpha value is -0.380. The number of aliphatic hydroxyl groups excluding tert-OH is 1. The van der Waals surface area contributed by atoms with Crippen LogP contribution in [0.25, 0.3) is 0 Å². The summed E-state index contributed by atoms with van der Waals surface area (Å²) in [5.74, 6) is -0.160. The van der Waals surface area contributed by atoms with E-state index in [1.54, 1.807) is 0 Å². The topological polar surface area (TPSA) is 75.6 Å². The van der Waals surface area contributed by atoms with Gasteiger partial charge in [-0.3, -0.25) is 0 Å². The van der Waals surface area contributed by atoms with Gasteiger partial charge in [-0.15, -0.1) is 0 Å². The second-order valence-corrected chi connectivity index (χ2v) is 5.24. The number of hydrogen-bond donors (Lipinski definition) is 2. The van der Waals surface area contributed by atoms with Gasteiger partial charge in [-0.25, -0.2) is 13.1 Å². The van der Waals surface area contributed by atoms with Crippen molar-refractivity contribution in [3.05, 3.63) is 0 Å². The molecule has 0 fully saturated rings. The normalized spacial score (nSPS) is 12.9. The summed E-state index contributed by atoms with van der Waals surface area (Å²) >= 11 is 0. The lowest BCUT2D eigenvalue weighted by Gasteiger charge is -2.08. The number of sulfonamides is 1. The summed E-state index contributed by atoms with van der Waals surface area (Å²) in [6, 6.07) is 0. The van der Waals surface area contributed by atoms with Crippen molar-refractivity contribution in [2.75, 3.05) is 32.1 Å². The fraction of sp³-hybridized carbons (Fsp3) is 1.00. The minimum absolute atomic E-state index is 0.0930. The van der Waals surface area contributed by atoms with Crippen LogP contribution in [0.2, 0.25) is 0 Å². The molecule has 17 heavy (non-hydrogen) atoms. The van der Waals surface area contributed by atoms with E-state index < -0.39 is 22.8 Å². The minimum atomic E-state index is -4.40. The highest BCUT2D eigenvalue weighted by molar-refractivity contribution is 7.89. The van der Waals surface area contributed by atoms with Gasteiger partial charge in [0.1, 0.15) is 6.61 Å². The molecule has 0 aromatic heterocycles. The SMILES string of the molecule is O=S(=O)(CCCCO)NCCOCC(F)(F)F. The molecule has 0 spiro atoms. The molecule has 104 valence electrons. The molecule has 0 radical (unpaired) electrons. The van der Waals surface area contributed by atoms with Crippen LogP contribution in [0.5, 0.6) is 0 Å². The first-order chi connectivity index (χ1) is 7.77. The summed E-state index contributed by atoms with van der Waals surface area (Å²) in [7, 11) is -3.49. The van der Waals surface area contributed by atoms with Gasteiger partial charge in [0.2, 0.25) is 10.0 Å². The summed E-state index contributed by atoms with van der Waals surface area (Å²) in [6.07, 6.45) is -3.74. The lowest BCUT2D eigenvalue weighted by atomic mass is 10.4. The molecule has 0 amide bonds. The van der Waals surface area contributed by atoms with Gasteiger partial charge in [0, 0.05) is 13.2 Å². The van der Waals surface area contributed by atoms with Crippen LogP contribution in [-0.2, 0) is 14.8 Å². The number of hydrogen-bond acceptors (Lipinski definition) is 4. The maximum atomic E-state index is 11.6. The Balaban J connectivity index is 3.59. The fourth-order valence-electron chi connectivity index (χ4n) is 0.933. The van der Waals surface area contributed by atoms with Crippen molar-refractivity contribution >= 4 is 10.0 Å². The molecule has 5 nitrogen and oxygen atoms in total. The Labute approximate surface area is 98.0 Å². The largest absolute Gasteiger partial charge is 0.411 e. The number of ether oxygens (including phenoxy) is 1. The van der Waals surface area contributed by atoms with Crippen LogP contribution in [0.15, 0.2) is 0 Å². The van der Waals surface area contributed by atoms with Crippen molar-refractivity contribution in [2.24, 2.45) is 0 Å². The van der Waals surface area contributed by atoms with Gasteiger partial charge in [0.15, 0.2) is 0 Å². The predicted octanol–water partition coefficient (Wildman–Crippen LogP) is 0.257. The number of unbranched alkanes of at least 4 members (excludes halogenated alkanes) is 1. The smallest absolute Gasteiger partial charge is 0.396 e. The van der Waals surface area contributed by atoms with Crippen LogP contribution in [0.1, 0.15) is 12.8 Å². The Morgan fingerprint density at radius 3 is 2.41 bits per heavy atom. The molecule has 2 N–H and O–H groups in total. The van der Waals surface area contributed by atoms with Gasteiger partial charge in [0.05, 0.1) is 12.4 Å². The van der Waals surface area contributed by atoms with Gasteiger partial charge in [-0.05, 0) is 12.8 Å². The highest BCUT2D eigenvalue weighted by Gasteiger charge is 2.27. The van der Waals surface area contributed by atoms with Crippen LogP contribution in [-0.4, -0.2) is 51.8 Å². The Kier molecular flexibility index (Phi) is 7.68. The fourth-order valence-corrected chi connectivity index (χ4v) is 2.06. The van der Waals surface area contributed by atoms with E-state index in [-0.39, 0.29) is 25.5 Å². The lowest BCUT2D eigenvalue weighted by molar-refractivity contribution is -0.173. The zero-order chi connectivity index (χ0) is 13.4. The zero-order valence-corrected chi connectivity index (χ0v) is 9.98. The molecule has 0 saturated heterocycles. The number of aliphatic hydroxyl groups is 1. The quantitative estimate of drug-likeness (QED) is 0.594. The van der Waals surface area contributed by atoms with Gasteiger partial charge >= 0.3 is 6.18 Å². The first-order valence-corrected chi connectivity index (χ1v) is 6.65. The average Bonchev–Trinajstić information content (AvgIpc) is 2.15. The average molecular weight is 279 g/mol. The first kappa shape index (κ1) is 16.6. The van der Waals surface area contributed by atoms with E-state index in [1.165, 1.54) is 0 Å². The van der Waals surface area contributed by atoms with Gasteiger partial charge < -0.3 is 9.84 Å². The maximum absolute atomic E-state index is 11.6. The summed E-state index contributed by atoms with van der Waals surface area (Å²) in [5.41, 5.74) is 0. The second kappa shape index (κ2) is 7.85. The lowest BCUT2D eigenvalue weighted by Crippen LogP contribution is -2.30. The van der Waals surface area contributed by atoms with Gasteiger partial charge in [-0.2, -0.15) is 13.2 Å². The minimum Gasteiger partial charge on any atom is -0.396 e. The molecular formula is C8H16F3NO4S. The van der Waals surface area contributed by atoms with Crippen molar-refractivity contribution in [1.29, 1.82) is 0 Å². The second-order valence-electron chi connectivity index (χ2n) is 3.31. The Bertz CT molecular complexity index is 292. The summed E-state index contributed by atoms with van der Waals surface area (Å²) in [4.78, 5) is 0. The van der Waals surface area contributed by atoms with Crippen molar-refractivity contribution in [2.45, 2.75) is 19.0 Å². The molecule has 0 aliphatic rings. The van der Waals surface area contributed by atoms with E-state index in [0.29, 0.717) is 12.8 Å². The molecule has 0 bridgehead atoms. The van der Waals surface area contributed by atoms with E-state index >= 15 is 0 Å². The Morgan fingerprint density at radius 1 is 1.24 bits per heavy atom. The standard InChI is InChI=1S/C8H16F3NO4S/c9-8(10,11)7-16-5-3-12-17(14,15)6-2-1-4-13/h12-13H,1-7H2. The summed E-state index contributed by atoms with van der Waals surface area (Å²) in [5, 5.41) is 8.44. The van der Waals surface area contributed by atoms with Gasteiger partial charge in [-0.1, -0.05) is 0 Å². The maximum Gasteiger partial charge on any atom is 0.411 e. The monoisotopic (exact) mass is 279 g/mol. The molecule has 0 heterocycles. The number of nitrogens with one attached hydrogen (secondary N) is 1. The molecule has 0 rings (SSSR count). The molecule has 0 unspecified atom stereocenters. The first-order valence-electron chi connectivity index (χ1n) is 4.99. The van der Waals surface area contributed by atoms with Crippen molar-refractivity contribution < 1.29 is 31.4 Å². The van der Waals surface area contributed by atoms with E-state index in [2.05, 4.69) is 9.46 Å². The number of rotatable bonds is 9. The van der Waals surface area contributed by atoms with Crippen molar-refractivity contribution in [1.82, 2.24) is 4.72 Å². The number of halogens is 3. The molecule has 0 aromatic carbocycles.